The largest absolute Gasteiger partial charge is 0.480 e. The first-order valence-corrected chi connectivity index (χ1v) is 3.63. The van der Waals surface area contributed by atoms with E-state index >= 15 is 0 Å². The van der Waals surface area contributed by atoms with E-state index in [1.165, 1.54) is 0 Å². The van der Waals surface area contributed by atoms with E-state index in [9.17, 15) is 4.79 Å². The van der Waals surface area contributed by atoms with E-state index in [2.05, 4.69) is 12.5 Å². The SMILES string of the molecule is C#CCN(CC(=O)O)C(C)C=C. The van der Waals surface area contributed by atoms with E-state index in [4.69, 9.17) is 11.5 Å². The Morgan fingerprint density at radius 3 is 2.83 bits per heavy atom. The number of carboxylic acid groups (broad SMARTS) is 1. The molecule has 3 nitrogen and oxygen atoms in total. The fraction of sp³-hybridized carbons (Fsp3) is 0.444. The number of nitrogens with zero attached hydrogens (tertiary/aromatic N) is 1. The number of hydrogen-bond donors (Lipinski definition) is 1. The van der Waals surface area contributed by atoms with E-state index in [1.54, 1.807) is 11.0 Å². The van der Waals surface area contributed by atoms with Gasteiger partial charge < -0.3 is 5.11 Å². The van der Waals surface area contributed by atoms with Gasteiger partial charge in [-0.3, -0.25) is 9.69 Å². The van der Waals surface area contributed by atoms with E-state index in [0.717, 1.165) is 0 Å². The van der Waals surface area contributed by atoms with Gasteiger partial charge in [0.2, 0.25) is 0 Å². The van der Waals surface area contributed by atoms with E-state index in [0.29, 0.717) is 6.54 Å². The van der Waals surface area contributed by atoms with Crippen LogP contribution >= 0.6 is 0 Å². The average molecular weight is 167 g/mol. The summed E-state index contributed by atoms with van der Waals surface area (Å²) < 4.78 is 0. The standard InChI is InChI=1S/C9H13NO2/c1-4-6-10(7-9(11)12)8(3)5-2/h1,5,8H,2,6-7H2,3H3,(H,11,12). The van der Waals surface area contributed by atoms with Crippen LogP contribution in [0, 0.1) is 12.3 Å². The molecule has 66 valence electrons. The summed E-state index contributed by atoms with van der Waals surface area (Å²) in [6.45, 7) is 5.71. The summed E-state index contributed by atoms with van der Waals surface area (Å²) in [5, 5.41) is 8.51. The van der Waals surface area contributed by atoms with Crippen LogP contribution in [-0.4, -0.2) is 35.1 Å². The smallest absolute Gasteiger partial charge is 0.317 e. The lowest BCUT2D eigenvalue weighted by atomic mass is 10.3. The van der Waals surface area contributed by atoms with Gasteiger partial charge in [0.25, 0.3) is 0 Å². The van der Waals surface area contributed by atoms with Crippen LogP contribution in [-0.2, 0) is 4.79 Å². The van der Waals surface area contributed by atoms with Gasteiger partial charge in [-0.25, -0.2) is 0 Å². The van der Waals surface area contributed by atoms with Crippen molar-refractivity contribution in [3.8, 4) is 12.3 Å². The van der Waals surface area contributed by atoms with Crippen LogP contribution < -0.4 is 0 Å². The molecule has 0 radical (unpaired) electrons. The molecule has 0 saturated carbocycles. The van der Waals surface area contributed by atoms with Gasteiger partial charge in [-0.1, -0.05) is 12.0 Å². The summed E-state index contributed by atoms with van der Waals surface area (Å²) >= 11 is 0. The summed E-state index contributed by atoms with van der Waals surface area (Å²) in [6, 6.07) is -0.00264. The predicted octanol–water partition coefficient (Wildman–Crippen LogP) is 0.581. The predicted molar refractivity (Wildman–Crippen MR) is 47.7 cm³/mol. The maximum Gasteiger partial charge on any atom is 0.317 e. The van der Waals surface area contributed by atoms with Gasteiger partial charge in [0.15, 0.2) is 0 Å². The van der Waals surface area contributed by atoms with Crippen LogP contribution in [0.25, 0.3) is 0 Å². The average Bonchev–Trinajstić information content (AvgIpc) is 2.01. The highest BCUT2D eigenvalue weighted by Gasteiger charge is 2.12. The van der Waals surface area contributed by atoms with Crippen LogP contribution in [0.15, 0.2) is 12.7 Å². The van der Waals surface area contributed by atoms with E-state index < -0.39 is 5.97 Å². The third-order valence-corrected chi connectivity index (χ3v) is 1.55. The van der Waals surface area contributed by atoms with Crippen LogP contribution in [0.5, 0.6) is 0 Å². The zero-order valence-electron chi connectivity index (χ0n) is 7.16. The van der Waals surface area contributed by atoms with Gasteiger partial charge in [-0.15, -0.1) is 13.0 Å². The summed E-state index contributed by atoms with van der Waals surface area (Å²) in [5.41, 5.74) is 0. The number of carboxylic acids is 1. The molecule has 3 heteroatoms. The number of terminal acetylenes is 1. The first-order chi connectivity index (χ1) is 5.61. The first-order valence-electron chi connectivity index (χ1n) is 3.63. The summed E-state index contributed by atoms with van der Waals surface area (Å²) in [6.07, 6.45) is 6.75. The Morgan fingerprint density at radius 2 is 2.50 bits per heavy atom. The maximum absolute atomic E-state index is 10.4. The second-order valence-corrected chi connectivity index (χ2v) is 2.48. The molecule has 0 fully saturated rings. The third kappa shape index (κ3) is 3.79. The van der Waals surface area contributed by atoms with Gasteiger partial charge >= 0.3 is 5.97 Å². The second kappa shape index (κ2) is 5.39. The van der Waals surface area contributed by atoms with Gasteiger partial charge in [-0.05, 0) is 6.92 Å². The molecule has 0 rings (SSSR count). The Kier molecular flexibility index (Phi) is 4.82. The minimum atomic E-state index is -0.876. The van der Waals surface area contributed by atoms with Gasteiger partial charge in [-0.2, -0.15) is 0 Å². The molecule has 0 aliphatic heterocycles. The minimum absolute atomic E-state index is 0.00264. The van der Waals surface area contributed by atoms with Crippen LogP contribution in [0.4, 0.5) is 0 Å². The van der Waals surface area contributed by atoms with Crippen molar-refractivity contribution >= 4 is 5.97 Å². The highest BCUT2D eigenvalue weighted by molar-refractivity contribution is 5.69. The lowest BCUT2D eigenvalue weighted by Crippen LogP contribution is -2.36. The molecule has 0 amide bonds. The fourth-order valence-corrected chi connectivity index (χ4v) is 0.784. The molecule has 0 saturated heterocycles. The zero-order chi connectivity index (χ0) is 9.56. The Balaban J connectivity index is 4.13. The number of carbonyl (C=O) groups is 1. The molecule has 1 unspecified atom stereocenters. The monoisotopic (exact) mass is 167 g/mol. The number of rotatable bonds is 5. The molecule has 0 aliphatic rings. The Hall–Kier alpha value is -1.27. The van der Waals surface area contributed by atoms with Crippen LogP contribution in [0.3, 0.4) is 0 Å². The van der Waals surface area contributed by atoms with Crippen LogP contribution in [0.2, 0.25) is 0 Å². The molecule has 0 aromatic heterocycles. The lowest BCUT2D eigenvalue weighted by molar-refractivity contribution is -0.138. The molecule has 0 aromatic rings. The molecular formula is C9H13NO2. The Morgan fingerprint density at radius 1 is 1.92 bits per heavy atom. The molecule has 0 bridgehead atoms. The molecule has 0 aliphatic carbocycles. The van der Waals surface area contributed by atoms with E-state index in [-0.39, 0.29) is 12.6 Å². The third-order valence-electron chi connectivity index (χ3n) is 1.55. The molecule has 1 atom stereocenters. The normalized spacial score (nSPS) is 12.1. The Bertz CT molecular complexity index is 205. The fourth-order valence-electron chi connectivity index (χ4n) is 0.784. The summed E-state index contributed by atoms with van der Waals surface area (Å²) in [4.78, 5) is 12.0. The topological polar surface area (TPSA) is 40.5 Å². The molecular weight excluding hydrogens is 154 g/mol. The van der Waals surface area contributed by atoms with Crippen molar-refractivity contribution in [3.63, 3.8) is 0 Å². The molecule has 0 spiro atoms. The van der Waals surface area contributed by atoms with Crippen molar-refractivity contribution in [3.05, 3.63) is 12.7 Å². The highest BCUT2D eigenvalue weighted by Crippen LogP contribution is 1.98. The van der Waals surface area contributed by atoms with E-state index in [1.807, 2.05) is 6.92 Å². The maximum atomic E-state index is 10.4. The Labute approximate surface area is 72.7 Å². The van der Waals surface area contributed by atoms with Crippen molar-refractivity contribution in [2.24, 2.45) is 0 Å². The van der Waals surface area contributed by atoms with Crippen molar-refractivity contribution in [1.29, 1.82) is 0 Å². The van der Waals surface area contributed by atoms with Gasteiger partial charge in [0, 0.05) is 6.04 Å². The number of aliphatic carboxylic acids is 1. The quantitative estimate of drug-likeness (QED) is 0.481. The highest BCUT2D eigenvalue weighted by atomic mass is 16.4. The number of hydrogen-bond acceptors (Lipinski definition) is 2. The van der Waals surface area contributed by atoms with Gasteiger partial charge in [0.05, 0.1) is 13.1 Å². The lowest BCUT2D eigenvalue weighted by Gasteiger charge is -2.21. The van der Waals surface area contributed by atoms with Crippen molar-refractivity contribution in [2.45, 2.75) is 13.0 Å². The molecule has 0 aromatic carbocycles. The second-order valence-electron chi connectivity index (χ2n) is 2.48. The minimum Gasteiger partial charge on any atom is -0.480 e. The van der Waals surface area contributed by atoms with Crippen LogP contribution in [0.1, 0.15) is 6.92 Å². The summed E-state index contributed by atoms with van der Waals surface area (Å²) in [5.74, 6) is 1.53. The van der Waals surface area contributed by atoms with Crippen molar-refractivity contribution < 1.29 is 9.90 Å². The molecule has 12 heavy (non-hydrogen) atoms. The zero-order valence-corrected chi connectivity index (χ0v) is 7.16. The molecule has 1 N–H and O–H groups in total. The molecule has 0 heterocycles. The summed E-state index contributed by atoms with van der Waals surface area (Å²) in [7, 11) is 0. The van der Waals surface area contributed by atoms with Crippen molar-refractivity contribution in [2.75, 3.05) is 13.1 Å². The van der Waals surface area contributed by atoms with Crippen molar-refractivity contribution in [1.82, 2.24) is 4.90 Å². The first kappa shape index (κ1) is 10.7. The van der Waals surface area contributed by atoms with Gasteiger partial charge in [0.1, 0.15) is 0 Å².